The maximum absolute atomic E-state index is 13.2. The molecule has 0 spiro atoms. The molecule has 0 saturated carbocycles. The molecule has 1 N–H and O–H groups in total. The van der Waals surface area contributed by atoms with E-state index >= 15 is 0 Å². The fourth-order valence-electron chi connectivity index (χ4n) is 1.23. The van der Waals surface area contributed by atoms with Crippen molar-refractivity contribution in [2.45, 2.75) is 26.2 Å². The Balaban J connectivity index is 2.45. The first kappa shape index (κ1) is 11.3. The van der Waals surface area contributed by atoms with E-state index in [1.807, 2.05) is 0 Å². The first-order valence-electron chi connectivity index (χ1n) is 4.93. The molecule has 0 aromatic heterocycles. The number of anilines is 1. The van der Waals surface area contributed by atoms with Crippen molar-refractivity contribution in [1.82, 2.24) is 0 Å². The predicted octanol–water partition coefficient (Wildman–Crippen LogP) is 4.08. The van der Waals surface area contributed by atoms with Gasteiger partial charge < -0.3 is 5.32 Å². The zero-order valence-electron chi connectivity index (χ0n) is 8.32. The Labute approximate surface area is 89.3 Å². The quantitative estimate of drug-likeness (QED) is 0.730. The zero-order chi connectivity index (χ0) is 10.4. The molecule has 14 heavy (non-hydrogen) atoms. The molecule has 1 aromatic rings. The van der Waals surface area contributed by atoms with Crippen molar-refractivity contribution in [3.63, 3.8) is 0 Å². The van der Waals surface area contributed by atoms with Gasteiger partial charge in [0.15, 0.2) is 0 Å². The van der Waals surface area contributed by atoms with E-state index in [1.165, 1.54) is 12.5 Å². The molecule has 3 heteroatoms. The highest BCUT2D eigenvalue weighted by atomic mass is 35.5. The number of benzene rings is 1. The molecule has 0 aliphatic rings. The Kier molecular flexibility index (Phi) is 4.74. The summed E-state index contributed by atoms with van der Waals surface area (Å²) in [4.78, 5) is 0. The summed E-state index contributed by atoms with van der Waals surface area (Å²) in [6, 6.07) is 4.54. The third kappa shape index (κ3) is 3.54. The molecule has 0 unspecified atom stereocenters. The van der Waals surface area contributed by atoms with Crippen molar-refractivity contribution < 1.29 is 4.39 Å². The summed E-state index contributed by atoms with van der Waals surface area (Å²) in [5.41, 5.74) is 0.494. The van der Waals surface area contributed by atoms with Gasteiger partial charge in [0.1, 0.15) is 5.82 Å². The number of hydrogen-bond acceptors (Lipinski definition) is 1. The summed E-state index contributed by atoms with van der Waals surface area (Å²) in [7, 11) is 0. The monoisotopic (exact) mass is 215 g/mol. The van der Waals surface area contributed by atoms with Crippen LogP contribution in [0.3, 0.4) is 0 Å². The van der Waals surface area contributed by atoms with Gasteiger partial charge in [0.2, 0.25) is 0 Å². The van der Waals surface area contributed by atoms with E-state index in [0.29, 0.717) is 10.7 Å². The Bertz CT molecular complexity index is 289. The van der Waals surface area contributed by atoms with Crippen LogP contribution in [0.2, 0.25) is 5.02 Å². The lowest BCUT2D eigenvalue weighted by atomic mass is 10.2. The van der Waals surface area contributed by atoms with Gasteiger partial charge in [0, 0.05) is 11.6 Å². The Morgan fingerprint density at radius 3 is 2.86 bits per heavy atom. The van der Waals surface area contributed by atoms with Gasteiger partial charge in [-0.2, -0.15) is 0 Å². The van der Waals surface area contributed by atoms with Crippen LogP contribution in [0.5, 0.6) is 0 Å². The van der Waals surface area contributed by atoms with Crippen LogP contribution in [0, 0.1) is 5.82 Å². The van der Waals surface area contributed by atoms with E-state index in [9.17, 15) is 4.39 Å². The highest BCUT2D eigenvalue weighted by Gasteiger charge is 2.01. The second-order valence-electron chi connectivity index (χ2n) is 3.26. The van der Waals surface area contributed by atoms with Gasteiger partial charge >= 0.3 is 0 Å². The van der Waals surface area contributed by atoms with E-state index in [0.717, 1.165) is 19.4 Å². The fraction of sp³-hybridized carbons (Fsp3) is 0.455. The molecule has 1 aromatic carbocycles. The molecular formula is C11H15ClFN. The minimum Gasteiger partial charge on any atom is -0.383 e. The maximum Gasteiger partial charge on any atom is 0.146 e. The molecule has 0 heterocycles. The molecule has 1 nitrogen and oxygen atoms in total. The minimum atomic E-state index is -0.245. The number of nitrogens with one attached hydrogen (secondary N) is 1. The van der Waals surface area contributed by atoms with Crippen LogP contribution < -0.4 is 5.32 Å². The lowest BCUT2D eigenvalue weighted by Gasteiger charge is -2.07. The molecule has 0 fully saturated rings. The van der Waals surface area contributed by atoms with Crippen molar-refractivity contribution in [1.29, 1.82) is 0 Å². The van der Waals surface area contributed by atoms with Gasteiger partial charge in [0.05, 0.1) is 5.69 Å². The van der Waals surface area contributed by atoms with Gasteiger partial charge in [-0.15, -0.1) is 0 Å². The SMILES string of the molecule is CCCCCNc1cc(Cl)ccc1F. The molecule has 78 valence electrons. The number of rotatable bonds is 5. The van der Waals surface area contributed by atoms with Gasteiger partial charge in [-0.1, -0.05) is 31.4 Å². The third-order valence-electron chi connectivity index (χ3n) is 2.02. The average molecular weight is 216 g/mol. The van der Waals surface area contributed by atoms with E-state index in [1.54, 1.807) is 12.1 Å². The molecule has 0 bridgehead atoms. The third-order valence-corrected chi connectivity index (χ3v) is 2.26. The summed E-state index contributed by atoms with van der Waals surface area (Å²) in [5, 5.41) is 3.59. The summed E-state index contributed by atoms with van der Waals surface area (Å²) < 4.78 is 13.2. The number of unbranched alkanes of at least 4 members (excludes halogenated alkanes) is 2. The van der Waals surface area contributed by atoms with Gasteiger partial charge in [-0.3, -0.25) is 0 Å². The molecular weight excluding hydrogens is 201 g/mol. The summed E-state index contributed by atoms with van der Waals surface area (Å²) in [6.07, 6.45) is 3.39. The Hall–Kier alpha value is -0.760. The second kappa shape index (κ2) is 5.86. The van der Waals surface area contributed by atoms with Crippen LogP contribution in [0.25, 0.3) is 0 Å². The van der Waals surface area contributed by atoms with Gasteiger partial charge in [-0.25, -0.2) is 4.39 Å². The molecule has 0 aliphatic heterocycles. The second-order valence-corrected chi connectivity index (χ2v) is 3.69. The van der Waals surface area contributed by atoms with Gasteiger partial charge in [0.25, 0.3) is 0 Å². The van der Waals surface area contributed by atoms with Crippen molar-refractivity contribution in [2.75, 3.05) is 11.9 Å². The molecule has 0 saturated heterocycles. The highest BCUT2D eigenvalue weighted by Crippen LogP contribution is 2.19. The summed E-state index contributed by atoms with van der Waals surface area (Å²) >= 11 is 5.75. The lowest BCUT2D eigenvalue weighted by Crippen LogP contribution is -2.02. The van der Waals surface area contributed by atoms with Crippen LogP contribution >= 0.6 is 11.6 Å². The number of hydrogen-bond donors (Lipinski definition) is 1. The van der Waals surface area contributed by atoms with Crippen molar-refractivity contribution in [2.24, 2.45) is 0 Å². The molecule has 0 radical (unpaired) electrons. The topological polar surface area (TPSA) is 12.0 Å². The lowest BCUT2D eigenvalue weighted by molar-refractivity contribution is 0.628. The molecule has 1 rings (SSSR count). The normalized spacial score (nSPS) is 10.2. The fourth-order valence-corrected chi connectivity index (χ4v) is 1.40. The van der Waals surface area contributed by atoms with Crippen molar-refractivity contribution in [3.05, 3.63) is 29.0 Å². The van der Waals surface area contributed by atoms with Crippen LogP contribution in [-0.2, 0) is 0 Å². The maximum atomic E-state index is 13.2. The van der Waals surface area contributed by atoms with Crippen molar-refractivity contribution >= 4 is 17.3 Å². The van der Waals surface area contributed by atoms with Crippen LogP contribution in [0.1, 0.15) is 26.2 Å². The van der Waals surface area contributed by atoms with Crippen LogP contribution in [0.15, 0.2) is 18.2 Å². The van der Waals surface area contributed by atoms with E-state index in [4.69, 9.17) is 11.6 Å². The first-order valence-corrected chi connectivity index (χ1v) is 5.30. The van der Waals surface area contributed by atoms with Crippen molar-refractivity contribution in [3.8, 4) is 0 Å². The molecule has 0 atom stereocenters. The molecule has 0 amide bonds. The smallest absolute Gasteiger partial charge is 0.146 e. The molecule has 0 aliphatic carbocycles. The Morgan fingerprint density at radius 2 is 2.14 bits per heavy atom. The first-order chi connectivity index (χ1) is 6.74. The van der Waals surface area contributed by atoms with E-state index < -0.39 is 0 Å². The van der Waals surface area contributed by atoms with Crippen LogP contribution in [-0.4, -0.2) is 6.54 Å². The highest BCUT2D eigenvalue weighted by molar-refractivity contribution is 6.30. The summed E-state index contributed by atoms with van der Waals surface area (Å²) in [5.74, 6) is -0.245. The minimum absolute atomic E-state index is 0.245. The Morgan fingerprint density at radius 1 is 1.36 bits per heavy atom. The average Bonchev–Trinajstić information content (AvgIpc) is 2.18. The number of halogens is 2. The largest absolute Gasteiger partial charge is 0.383 e. The van der Waals surface area contributed by atoms with E-state index in [-0.39, 0.29) is 5.82 Å². The van der Waals surface area contributed by atoms with E-state index in [2.05, 4.69) is 12.2 Å². The summed E-state index contributed by atoms with van der Waals surface area (Å²) in [6.45, 7) is 2.94. The van der Waals surface area contributed by atoms with Gasteiger partial charge in [-0.05, 0) is 24.6 Å². The standard InChI is InChI=1S/C11H15ClFN/c1-2-3-4-7-14-11-8-9(12)5-6-10(11)13/h5-6,8,14H,2-4,7H2,1H3. The zero-order valence-corrected chi connectivity index (χ0v) is 9.07. The predicted molar refractivity (Wildman–Crippen MR) is 59.4 cm³/mol. The van der Waals surface area contributed by atoms with Crippen LogP contribution in [0.4, 0.5) is 10.1 Å².